The minimum Gasteiger partial charge on any atom is -0.459 e. The Bertz CT molecular complexity index is 588. The molecule has 1 N–H and O–H groups in total. The first kappa shape index (κ1) is 12.0. The molecule has 92 valence electrons. The Kier molecular flexibility index (Phi) is 3.49. The molecule has 0 saturated carbocycles. The summed E-state index contributed by atoms with van der Waals surface area (Å²) in [5.74, 6) is -0.343. The molecule has 2 rings (SSSR count). The highest BCUT2D eigenvalue weighted by Crippen LogP contribution is 2.21. The van der Waals surface area contributed by atoms with Gasteiger partial charge in [0.25, 0.3) is 0 Å². The van der Waals surface area contributed by atoms with E-state index in [1.54, 1.807) is 11.4 Å². The zero-order valence-electron chi connectivity index (χ0n) is 8.90. The summed E-state index contributed by atoms with van der Waals surface area (Å²) in [5.41, 5.74) is 2.79. The molecule has 1 amide bonds. The standard InChI is InChI=1S/C10H7N3O4S/c14-10(8-2-1-3-17-8)12-11-5-7-4-9(13(15)16)18-6-7/h1-6H,(H,12,14)/b11-5+. The third-order valence-corrected chi connectivity index (χ3v) is 2.81. The number of nitrogens with one attached hydrogen (secondary N) is 1. The zero-order chi connectivity index (χ0) is 13.0. The van der Waals surface area contributed by atoms with Gasteiger partial charge < -0.3 is 4.42 Å². The molecule has 8 heteroatoms. The highest BCUT2D eigenvalue weighted by atomic mass is 32.1. The van der Waals surface area contributed by atoms with Crippen LogP contribution in [0.25, 0.3) is 0 Å². The number of hydrogen-bond acceptors (Lipinski definition) is 6. The van der Waals surface area contributed by atoms with Crippen molar-refractivity contribution in [3.63, 3.8) is 0 Å². The third kappa shape index (κ3) is 2.80. The maximum Gasteiger partial charge on any atom is 0.324 e. The van der Waals surface area contributed by atoms with E-state index in [1.807, 2.05) is 0 Å². The molecule has 0 bridgehead atoms. The Morgan fingerprint density at radius 3 is 3.06 bits per heavy atom. The predicted molar refractivity (Wildman–Crippen MR) is 64.7 cm³/mol. The summed E-state index contributed by atoms with van der Waals surface area (Å²) < 4.78 is 4.86. The van der Waals surface area contributed by atoms with Crippen LogP contribution < -0.4 is 5.43 Å². The van der Waals surface area contributed by atoms with Crippen LogP contribution in [0.5, 0.6) is 0 Å². The number of nitrogens with zero attached hydrogens (tertiary/aromatic N) is 2. The van der Waals surface area contributed by atoms with E-state index in [1.165, 1.54) is 24.6 Å². The van der Waals surface area contributed by atoms with Crippen LogP contribution in [-0.2, 0) is 0 Å². The molecule has 0 saturated heterocycles. The largest absolute Gasteiger partial charge is 0.459 e. The van der Waals surface area contributed by atoms with E-state index in [2.05, 4.69) is 10.5 Å². The molecule has 0 aliphatic heterocycles. The monoisotopic (exact) mass is 265 g/mol. The molecule has 0 aromatic carbocycles. The lowest BCUT2D eigenvalue weighted by Gasteiger charge is -1.93. The van der Waals surface area contributed by atoms with Crippen LogP contribution in [0.2, 0.25) is 0 Å². The van der Waals surface area contributed by atoms with Crippen LogP contribution in [0.3, 0.4) is 0 Å². The van der Waals surface area contributed by atoms with Gasteiger partial charge in [-0.3, -0.25) is 14.9 Å². The molecular formula is C10H7N3O4S. The van der Waals surface area contributed by atoms with Crippen molar-refractivity contribution >= 4 is 28.5 Å². The number of amides is 1. The minimum absolute atomic E-state index is 0.0220. The number of carbonyl (C=O) groups excluding carboxylic acids is 1. The SMILES string of the molecule is O=C(N/N=C/c1csc([N+](=O)[O-])c1)c1ccco1. The van der Waals surface area contributed by atoms with Gasteiger partial charge in [-0.25, -0.2) is 5.43 Å². The molecule has 2 aromatic heterocycles. The van der Waals surface area contributed by atoms with Crippen LogP contribution in [-0.4, -0.2) is 17.0 Å². The van der Waals surface area contributed by atoms with Crippen molar-refractivity contribution in [2.45, 2.75) is 0 Å². The smallest absolute Gasteiger partial charge is 0.324 e. The van der Waals surface area contributed by atoms with Gasteiger partial charge in [0.2, 0.25) is 0 Å². The summed E-state index contributed by atoms with van der Waals surface area (Å²) in [4.78, 5) is 21.3. The molecule has 0 aliphatic rings. The van der Waals surface area contributed by atoms with E-state index < -0.39 is 10.8 Å². The highest BCUT2D eigenvalue weighted by molar-refractivity contribution is 7.13. The van der Waals surface area contributed by atoms with Crippen molar-refractivity contribution in [3.05, 3.63) is 51.3 Å². The van der Waals surface area contributed by atoms with Gasteiger partial charge in [-0.2, -0.15) is 5.10 Å². The summed E-state index contributed by atoms with van der Waals surface area (Å²) in [7, 11) is 0. The van der Waals surface area contributed by atoms with E-state index >= 15 is 0 Å². The number of carbonyl (C=O) groups is 1. The first-order valence-electron chi connectivity index (χ1n) is 4.76. The molecule has 7 nitrogen and oxygen atoms in total. The molecule has 0 spiro atoms. The van der Waals surface area contributed by atoms with Gasteiger partial charge in [0.1, 0.15) is 0 Å². The van der Waals surface area contributed by atoms with Crippen molar-refractivity contribution in [1.29, 1.82) is 0 Å². The highest BCUT2D eigenvalue weighted by Gasteiger charge is 2.09. The molecule has 0 unspecified atom stereocenters. The normalized spacial score (nSPS) is 10.7. The third-order valence-electron chi connectivity index (χ3n) is 1.91. The van der Waals surface area contributed by atoms with Crippen molar-refractivity contribution in [2.24, 2.45) is 5.10 Å². The molecule has 18 heavy (non-hydrogen) atoms. The number of hydrogen-bond donors (Lipinski definition) is 1. The maximum absolute atomic E-state index is 11.4. The van der Waals surface area contributed by atoms with E-state index in [0.29, 0.717) is 5.56 Å². The quantitative estimate of drug-likeness (QED) is 0.519. The Hall–Kier alpha value is -2.48. The molecular weight excluding hydrogens is 258 g/mol. The topological polar surface area (TPSA) is 97.7 Å². The van der Waals surface area contributed by atoms with E-state index in [4.69, 9.17) is 4.42 Å². The van der Waals surface area contributed by atoms with Crippen LogP contribution in [0, 0.1) is 10.1 Å². The Morgan fingerprint density at radius 2 is 2.44 bits per heavy atom. The van der Waals surface area contributed by atoms with Gasteiger partial charge in [-0.05, 0) is 12.1 Å². The van der Waals surface area contributed by atoms with Gasteiger partial charge in [0, 0.05) is 17.0 Å². The second kappa shape index (κ2) is 5.23. The molecule has 0 fully saturated rings. The number of thiophene rings is 1. The summed E-state index contributed by atoms with van der Waals surface area (Å²) in [5, 5.41) is 15.7. The molecule has 0 atom stereocenters. The van der Waals surface area contributed by atoms with Crippen molar-refractivity contribution in [1.82, 2.24) is 5.43 Å². The lowest BCUT2D eigenvalue weighted by molar-refractivity contribution is -0.380. The van der Waals surface area contributed by atoms with Crippen LogP contribution >= 0.6 is 11.3 Å². The second-order valence-electron chi connectivity index (χ2n) is 3.15. The van der Waals surface area contributed by atoms with Crippen molar-refractivity contribution < 1.29 is 14.1 Å². The van der Waals surface area contributed by atoms with Gasteiger partial charge in [-0.15, -0.1) is 0 Å². The Balaban J connectivity index is 1.95. The average molecular weight is 265 g/mol. The van der Waals surface area contributed by atoms with E-state index in [9.17, 15) is 14.9 Å². The van der Waals surface area contributed by atoms with E-state index in [0.717, 1.165) is 11.3 Å². The van der Waals surface area contributed by atoms with Crippen LogP contribution in [0.15, 0.2) is 39.4 Å². The zero-order valence-corrected chi connectivity index (χ0v) is 9.72. The number of hydrazone groups is 1. The Labute approximate surface area is 105 Å². The van der Waals surface area contributed by atoms with Crippen molar-refractivity contribution in [3.8, 4) is 0 Å². The molecule has 2 heterocycles. The minimum atomic E-state index is -0.485. The lowest BCUT2D eigenvalue weighted by atomic mass is 10.4. The van der Waals surface area contributed by atoms with Gasteiger partial charge in [-0.1, -0.05) is 11.3 Å². The predicted octanol–water partition coefficient (Wildman–Crippen LogP) is 2.01. The lowest BCUT2D eigenvalue weighted by Crippen LogP contribution is -2.16. The molecule has 2 aromatic rings. The Morgan fingerprint density at radius 1 is 1.61 bits per heavy atom. The fourth-order valence-corrected chi connectivity index (χ4v) is 1.81. The van der Waals surface area contributed by atoms with Gasteiger partial charge in [0.15, 0.2) is 5.76 Å². The number of furan rings is 1. The number of rotatable bonds is 4. The number of nitro groups is 1. The summed E-state index contributed by atoms with van der Waals surface area (Å²) in [6.45, 7) is 0. The van der Waals surface area contributed by atoms with E-state index in [-0.39, 0.29) is 10.8 Å². The summed E-state index contributed by atoms with van der Waals surface area (Å²) >= 11 is 0.993. The average Bonchev–Trinajstić information content (AvgIpc) is 3.00. The summed E-state index contributed by atoms with van der Waals surface area (Å²) in [6, 6.07) is 4.45. The maximum atomic E-state index is 11.4. The second-order valence-corrected chi connectivity index (χ2v) is 4.04. The fraction of sp³-hybridized carbons (Fsp3) is 0. The fourth-order valence-electron chi connectivity index (χ4n) is 1.13. The molecule has 0 radical (unpaired) electrons. The van der Waals surface area contributed by atoms with Crippen molar-refractivity contribution in [2.75, 3.05) is 0 Å². The van der Waals surface area contributed by atoms with Gasteiger partial charge >= 0.3 is 10.9 Å². The first-order chi connectivity index (χ1) is 8.66. The van der Waals surface area contributed by atoms with Gasteiger partial charge in [0.05, 0.1) is 17.4 Å². The first-order valence-corrected chi connectivity index (χ1v) is 5.64. The molecule has 0 aliphatic carbocycles. The van der Waals surface area contributed by atoms with Crippen LogP contribution in [0.1, 0.15) is 16.1 Å². The van der Waals surface area contributed by atoms with Crippen LogP contribution in [0.4, 0.5) is 5.00 Å². The summed E-state index contributed by atoms with van der Waals surface area (Å²) in [6.07, 6.45) is 2.70.